The molecule has 0 saturated carbocycles. The lowest BCUT2D eigenvalue weighted by Crippen LogP contribution is -2.15. The van der Waals surface area contributed by atoms with Gasteiger partial charge in [0.05, 0.1) is 19.8 Å². The second-order valence-corrected chi connectivity index (χ2v) is 5.59. The van der Waals surface area contributed by atoms with Crippen molar-refractivity contribution in [2.75, 3.05) is 25.7 Å². The van der Waals surface area contributed by atoms with Crippen LogP contribution in [0.4, 0.5) is 0 Å². The molecule has 0 fully saturated rings. The van der Waals surface area contributed by atoms with Crippen molar-refractivity contribution >= 4 is 11.6 Å². The summed E-state index contributed by atoms with van der Waals surface area (Å²) in [6, 6.07) is 8.20. The largest absolute Gasteiger partial charge is 0.494 e. The van der Waals surface area contributed by atoms with Crippen LogP contribution in [-0.2, 0) is 6.42 Å². The van der Waals surface area contributed by atoms with Crippen molar-refractivity contribution in [2.24, 2.45) is 0 Å². The topological polar surface area (TPSA) is 69.9 Å². The molecule has 0 aliphatic carbocycles. The van der Waals surface area contributed by atoms with Gasteiger partial charge in [0.15, 0.2) is 0 Å². The van der Waals surface area contributed by atoms with E-state index < -0.39 is 6.10 Å². The molecule has 0 unspecified atom stereocenters. The van der Waals surface area contributed by atoms with E-state index in [1.165, 1.54) is 11.1 Å². The fraction of sp³-hybridized carbons (Fsp3) is 0.400. The van der Waals surface area contributed by atoms with E-state index in [9.17, 15) is 0 Å². The number of alkyl halides is 1. The highest BCUT2D eigenvalue weighted by Gasteiger charge is 1.98. The lowest BCUT2D eigenvalue weighted by Gasteiger charge is -2.07. The Morgan fingerprint density at radius 2 is 1.88 bits per heavy atom. The maximum atomic E-state index is 8.17. The van der Waals surface area contributed by atoms with Crippen LogP contribution in [0, 0.1) is 0 Å². The Bertz CT molecular complexity index is 505. The van der Waals surface area contributed by atoms with E-state index in [0.29, 0.717) is 12.5 Å². The first kappa shape index (κ1) is 23.4. The van der Waals surface area contributed by atoms with Crippen LogP contribution in [0.25, 0.3) is 0 Å². The first-order chi connectivity index (χ1) is 12.1. The average Bonchev–Trinajstić information content (AvgIpc) is 2.63. The van der Waals surface area contributed by atoms with Crippen molar-refractivity contribution in [3.8, 4) is 5.75 Å². The molecule has 0 aliphatic rings. The SMILES string of the molecule is C=C/C=C(\C=C/C)Cc1ccc(OCCCCl)cc1.OCC(O)CO. The van der Waals surface area contributed by atoms with Crippen LogP contribution in [0.2, 0.25) is 0 Å². The molecule has 0 radical (unpaired) electrons. The number of allylic oxidation sites excluding steroid dienone is 5. The number of halogens is 1. The molecule has 1 aromatic carbocycles. The Hall–Kier alpha value is -1.59. The van der Waals surface area contributed by atoms with Gasteiger partial charge in [-0.3, -0.25) is 0 Å². The highest BCUT2D eigenvalue weighted by molar-refractivity contribution is 6.17. The van der Waals surface area contributed by atoms with Crippen molar-refractivity contribution in [1.82, 2.24) is 0 Å². The molecule has 5 heteroatoms. The molecule has 0 atom stereocenters. The van der Waals surface area contributed by atoms with E-state index in [0.717, 1.165) is 18.6 Å². The minimum Gasteiger partial charge on any atom is -0.494 e. The van der Waals surface area contributed by atoms with E-state index in [2.05, 4.69) is 24.8 Å². The Balaban J connectivity index is 0.000000823. The minimum atomic E-state index is -0.954. The number of benzene rings is 1. The maximum Gasteiger partial charge on any atom is 0.119 e. The lowest BCUT2D eigenvalue weighted by molar-refractivity contribution is 0.0450. The Morgan fingerprint density at radius 3 is 2.32 bits per heavy atom. The number of ether oxygens (including phenoxy) is 1. The summed E-state index contributed by atoms with van der Waals surface area (Å²) in [5.74, 6) is 1.53. The zero-order valence-corrected chi connectivity index (χ0v) is 15.5. The highest BCUT2D eigenvalue weighted by atomic mass is 35.5. The van der Waals surface area contributed by atoms with E-state index >= 15 is 0 Å². The van der Waals surface area contributed by atoms with Crippen LogP contribution in [0.5, 0.6) is 5.75 Å². The molecule has 0 bridgehead atoms. The highest BCUT2D eigenvalue weighted by Crippen LogP contribution is 2.16. The second kappa shape index (κ2) is 15.9. The molecule has 1 aromatic rings. The molecule has 0 aliphatic heterocycles. The van der Waals surface area contributed by atoms with Crippen LogP contribution in [0.1, 0.15) is 18.9 Å². The molecule has 0 saturated heterocycles. The van der Waals surface area contributed by atoms with E-state index in [-0.39, 0.29) is 13.2 Å². The van der Waals surface area contributed by atoms with Gasteiger partial charge in [-0.1, -0.05) is 43.0 Å². The molecular formula is C20H29ClO4. The first-order valence-corrected chi connectivity index (χ1v) is 8.76. The first-order valence-electron chi connectivity index (χ1n) is 8.23. The predicted molar refractivity (Wildman–Crippen MR) is 104 cm³/mol. The summed E-state index contributed by atoms with van der Waals surface area (Å²) in [7, 11) is 0. The van der Waals surface area contributed by atoms with Gasteiger partial charge in [-0.05, 0) is 43.0 Å². The Labute approximate surface area is 155 Å². The molecular weight excluding hydrogens is 340 g/mol. The number of hydrogen-bond acceptors (Lipinski definition) is 4. The molecule has 25 heavy (non-hydrogen) atoms. The molecule has 0 amide bonds. The van der Waals surface area contributed by atoms with Gasteiger partial charge in [-0.2, -0.15) is 0 Å². The number of aliphatic hydroxyl groups is 3. The van der Waals surface area contributed by atoms with Gasteiger partial charge in [0.25, 0.3) is 0 Å². The monoisotopic (exact) mass is 368 g/mol. The molecule has 4 nitrogen and oxygen atoms in total. The zero-order valence-electron chi connectivity index (χ0n) is 14.8. The third-order valence-electron chi connectivity index (χ3n) is 3.01. The lowest BCUT2D eigenvalue weighted by atomic mass is 10.0. The van der Waals surface area contributed by atoms with Crippen LogP contribution in [-0.4, -0.2) is 47.1 Å². The minimum absolute atomic E-state index is 0.365. The van der Waals surface area contributed by atoms with Crippen LogP contribution >= 0.6 is 11.6 Å². The Kier molecular flexibility index (Phi) is 14.9. The maximum absolute atomic E-state index is 8.17. The summed E-state index contributed by atoms with van der Waals surface area (Å²) in [6.45, 7) is 5.70. The number of hydrogen-bond donors (Lipinski definition) is 3. The van der Waals surface area contributed by atoms with Crippen molar-refractivity contribution in [1.29, 1.82) is 0 Å². The van der Waals surface area contributed by atoms with Crippen molar-refractivity contribution in [2.45, 2.75) is 25.9 Å². The van der Waals surface area contributed by atoms with Gasteiger partial charge in [0.2, 0.25) is 0 Å². The van der Waals surface area contributed by atoms with Crippen molar-refractivity contribution in [3.63, 3.8) is 0 Å². The van der Waals surface area contributed by atoms with Crippen LogP contribution in [0.15, 0.2) is 60.7 Å². The van der Waals surface area contributed by atoms with E-state index in [1.54, 1.807) is 0 Å². The van der Waals surface area contributed by atoms with Crippen LogP contribution in [0.3, 0.4) is 0 Å². The summed E-state index contributed by atoms with van der Waals surface area (Å²) in [5.41, 5.74) is 2.50. The Morgan fingerprint density at radius 1 is 1.24 bits per heavy atom. The normalized spacial score (nSPS) is 11.4. The number of aliphatic hydroxyl groups excluding tert-OH is 3. The summed E-state index contributed by atoms with van der Waals surface area (Å²) >= 11 is 5.61. The summed E-state index contributed by atoms with van der Waals surface area (Å²) in [4.78, 5) is 0. The third-order valence-corrected chi connectivity index (χ3v) is 3.28. The fourth-order valence-electron chi connectivity index (χ4n) is 1.78. The summed E-state index contributed by atoms with van der Waals surface area (Å²) in [5, 5.41) is 24.0. The molecule has 0 aromatic heterocycles. The van der Waals surface area contributed by atoms with Gasteiger partial charge >= 0.3 is 0 Å². The average molecular weight is 369 g/mol. The predicted octanol–water partition coefficient (Wildman–Crippen LogP) is 3.26. The van der Waals surface area contributed by atoms with Gasteiger partial charge in [0, 0.05) is 5.88 Å². The van der Waals surface area contributed by atoms with Gasteiger partial charge in [-0.15, -0.1) is 11.6 Å². The number of rotatable bonds is 10. The standard InChI is InChI=1S/C17H21ClO.C3H8O3/c1-3-6-15(7-4-2)14-16-8-10-17(11-9-16)19-13-5-12-18;4-1-3(6)2-5/h3-4,6-11H,1,5,12-14H2,2H3;3-6H,1-2H2/b7-4-,15-6+;. The molecule has 140 valence electrons. The van der Waals surface area contributed by atoms with Crippen molar-refractivity contribution < 1.29 is 20.1 Å². The van der Waals surface area contributed by atoms with Gasteiger partial charge in [-0.25, -0.2) is 0 Å². The molecule has 1 rings (SSSR count). The molecule has 0 spiro atoms. The van der Waals surface area contributed by atoms with E-state index in [4.69, 9.17) is 31.7 Å². The van der Waals surface area contributed by atoms with Gasteiger partial charge < -0.3 is 20.1 Å². The second-order valence-electron chi connectivity index (χ2n) is 5.21. The summed E-state index contributed by atoms with van der Waals surface area (Å²) in [6.07, 6.45) is 8.81. The summed E-state index contributed by atoms with van der Waals surface area (Å²) < 4.78 is 5.57. The van der Waals surface area contributed by atoms with E-state index in [1.807, 2.05) is 37.3 Å². The quantitative estimate of drug-likeness (QED) is 0.337. The smallest absolute Gasteiger partial charge is 0.119 e. The molecule has 3 N–H and O–H groups in total. The third kappa shape index (κ3) is 12.4. The molecule has 0 heterocycles. The fourth-order valence-corrected chi connectivity index (χ4v) is 1.89. The van der Waals surface area contributed by atoms with Crippen molar-refractivity contribution in [3.05, 3.63) is 66.3 Å². The zero-order chi connectivity index (χ0) is 18.9. The van der Waals surface area contributed by atoms with Gasteiger partial charge in [0.1, 0.15) is 11.9 Å². The van der Waals surface area contributed by atoms with Crippen LogP contribution < -0.4 is 4.74 Å².